The summed E-state index contributed by atoms with van der Waals surface area (Å²) in [7, 11) is 1.61. The Morgan fingerprint density at radius 2 is 1.70 bits per heavy atom. The largest absolute Gasteiger partial charge is 0.493 e. The maximum absolute atomic E-state index is 6.30. The fourth-order valence-electron chi connectivity index (χ4n) is 2.76. The SMILES string of the molecule is COc1cc(CC(N)c2ccncc2)ccc1OCc1c(Cl)cccc1Cl. The van der Waals surface area contributed by atoms with Crippen LogP contribution in [0.1, 0.15) is 22.7 Å². The molecule has 3 aromatic rings. The molecule has 0 aliphatic heterocycles. The van der Waals surface area contributed by atoms with Gasteiger partial charge in [-0.2, -0.15) is 0 Å². The molecule has 1 heterocycles. The Labute approximate surface area is 168 Å². The van der Waals surface area contributed by atoms with Crippen molar-refractivity contribution in [3.8, 4) is 11.5 Å². The number of benzene rings is 2. The molecule has 0 spiro atoms. The summed E-state index contributed by atoms with van der Waals surface area (Å²) < 4.78 is 11.4. The molecular formula is C21H20Cl2N2O2. The van der Waals surface area contributed by atoms with E-state index in [2.05, 4.69) is 4.98 Å². The van der Waals surface area contributed by atoms with Gasteiger partial charge in [0.25, 0.3) is 0 Å². The molecule has 2 N–H and O–H groups in total. The Balaban J connectivity index is 1.72. The topological polar surface area (TPSA) is 57.4 Å². The van der Waals surface area contributed by atoms with Crippen molar-refractivity contribution < 1.29 is 9.47 Å². The normalized spacial score (nSPS) is 11.9. The zero-order chi connectivity index (χ0) is 19.2. The van der Waals surface area contributed by atoms with Crippen molar-refractivity contribution in [1.29, 1.82) is 0 Å². The second kappa shape index (κ2) is 9.09. The van der Waals surface area contributed by atoms with E-state index in [0.717, 1.165) is 16.7 Å². The van der Waals surface area contributed by atoms with Crippen molar-refractivity contribution in [2.45, 2.75) is 19.1 Å². The first-order chi connectivity index (χ1) is 13.1. The molecule has 140 valence electrons. The number of hydrogen-bond donors (Lipinski definition) is 1. The van der Waals surface area contributed by atoms with Gasteiger partial charge in [-0.15, -0.1) is 0 Å². The second-order valence-electron chi connectivity index (χ2n) is 6.07. The number of rotatable bonds is 7. The summed E-state index contributed by atoms with van der Waals surface area (Å²) in [5.41, 5.74) is 9.13. The van der Waals surface area contributed by atoms with Crippen LogP contribution >= 0.6 is 23.2 Å². The molecule has 4 nitrogen and oxygen atoms in total. The van der Waals surface area contributed by atoms with Crippen LogP contribution in [0.3, 0.4) is 0 Å². The van der Waals surface area contributed by atoms with Crippen LogP contribution in [0.2, 0.25) is 10.0 Å². The molecule has 1 atom stereocenters. The first-order valence-corrected chi connectivity index (χ1v) is 9.22. The molecule has 0 saturated carbocycles. The lowest BCUT2D eigenvalue weighted by Crippen LogP contribution is -2.13. The molecule has 1 aromatic heterocycles. The van der Waals surface area contributed by atoms with Gasteiger partial charge in [0.15, 0.2) is 11.5 Å². The number of aromatic nitrogens is 1. The van der Waals surface area contributed by atoms with Gasteiger partial charge >= 0.3 is 0 Å². The number of nitrogens with two attached hydrogens (primary N) is 1. The number of pyridine rings is 1. The Kier molecular flexibility index (Phi) is 6.56. The molecule has 3 rings (SSSR count). The van der Waals surface area contributed by atoms with E-state index in [0.29, 0.717) is 28.0 Å². The van der Waals surface area contributed by atoms with Gasteiger partial charge < -0.3 is 15.2 Å². The summed E-state index contributed by atoms with van der Waals surface area (Å²) in [6, 6.07) is 14.9. The highest BCUT2D eigenvalue weighted by Crippen LogP contribution is 2.32. The summed E-state index contributed by atoms with van der Waals surface area (Å²) in [5.74, 6) is 1.26. The molecule has 2 aromatic carbocycles. The van der Waals surface area contributed by atoms with Crippen LogP contribution in [-0.4, -0.2) is 12.1 Å². The lowest BCUT2D eigenvalue weighted by atomic mass is 10.0. The van der Waals surface area contributed by atoms with Crippen LogP contribution in [-0.2, 0) is 13.0 Å². The Bertz CT molecular complexity index is 884. The van der Waals surface area contributed by atoms with Crippen molar-refractivity contribution in [2.24, 2.45) is 5.73 Å². The van der Waals surface area contributed by atoms with Gasteiger partial charge in [-0.05, 0) is 53.9 Å². The molecular weight excluding hydrogens is 383 g/mol. The van der Waals surface area contributed by atoms with Gasteiger partial charge in [0.05, 0.1) is 7.11 Å². The Morgan fingerprint density at radius 1 is 1.00 bits per heavy atom. The molecule has 0 amide bonds. The number of ether oxygens (including phenoxy) is 2. The lowest BCUT2D eigenvalue weighted by molar-refractivity contribution is 0.284. The van der Waals surface area contributed by atoms with Gasteiger partial charge in [0.2, 0.25) is 0 Å². The molecule has 6 heteroatoms. The third-order valence-electron chi connectivity index (χ3n) is 4.25. The van der Waals surface area contributed by atoms with Gasteiger partial charge in [-0.25, -0.2) is 0 Å². The van der Waals surface area contributed by atoms with Gasteiger partial charge in [0, 0.05) is 34.0 Å². The van der Waals surface area contributed by atoms with Crippen LogP contribution < -0.4 is 15.2 Å². The van der Waals surface area contributed by atoms with E-state index in [1.165, 1.54) is 0 Å². The summed E-state index contributed by atoms with van der Waals surface area (Å²) in [5, 5.41) is 1.14. The molecule has 0 bridgehead atoms. The summed E-state index contributed by atoms with van der Waals surface area (Å²) in [6.07, 6.45) is 4.16. The molecule has 0 radical (unpaired) electrons. The highest BCUT2D eigenvalue weighted by molar-refractivity contribution is 6.35. The second-order valence-corrected chi connectivity index (χ2v) is 6.88. The van der Waals surface area contributed by atoms with Gasteiger partial charge in [-0.3, -0.25) is 4.98 Å². The van der Waals surface area contributed by atoms with E-state index >= 15 is 0 Å². The highest BCUT2D eigenvalue weighted by atomic mass is 35.5. The zero-order valence-electron chi connectivity index (χ0n) is 14.9. The van der Waals surface area contributed by atoms with E-state index in [1.807, 2.05) is 30.3 Å². The van der Waals surface area contributed by atoms with Crippen molar-refractivity contribution in [2.75, 3.05) is 7.11 Å². The van der Waals surface area contributed by atoms with E-state index < -0.39 is 0 Å². The third-order valence-corrected chi connectivity index (χ3v) is 4.96. The van der Waals surface area contributed by atoms with Crippen LogP contribution in [0.25, 0.3) is 0 Å². The smallest absolute Gasteiger partial charge is 0.161 e. The van der Waals surface area contributed by atoms with Crippen LogP contribution in [0.5, 0.6) is 11.5 Å². The number of halogens is 2. The zero-order valence-corrected chi connectivity index (χ0v) is 16.4. The summed E-state index contributed by atoms with van der Waals surface area (Å²) >= 11 is 12.4. The third kappa shape index (κ3) is 4.92. The molecule has 0 saturated heterocycles. The fraction of sp³-hybridized carbons (Fsp3) is 0.190. The van der Waals surface area contributed by atoms with Crippen LogP contribution in [0.4, 0.5) is 0 Å². The van der Waals surface area contributed by atoms with Crippen molar-refractivity contribution in [1.82, 2.24) is 4.98 Å². The van der Waals surface area contributed by atoms with Gasteiger partial charge in [0.1, 0.15) is 6.61 Å². The fourth-order valence-corrected chi connectivity index (χ4v) is 3.27. The number of hydrogen-bond acceptors (Lipinski definition) is 4. The predicted octanol–water partition coefficient (Wildman–Crippen LogP) is 5.22. The summed E-state index contributed by atoms with van der Waals surface area (Å²) in [4.78, 5) is 4.02. The molecule has 0 fully saturated rings. The van der Waals surface area contributed by atoms with Crippen molar-refractivity contribution in [3.05, 3.63) is 87.7 Å². The molecule has 0 aliphatic rings. The van der Waals surface area contributed by atoms with E-state index in [9.17, 15) is 0 Å². The van der Waals surface area contributed by atoms with Gasteiger partial charge in [-0.1, -0.05) is 35.3 Å². The standard InChI is InChI=1S/C21H20Cl2N2O2/c1-26-21-12-14(11-19(24)15-7-9-25-10-8-15)5-6-20(21)27-13-16-17(22)3-2-4-18(16)23/h2-10,12,19H,11,13,24H2,1H3. The maximum Gasteiger partial charge on any atom is 0.161 e. The van der Waals surface area contributed by atoms with Crippen molar-refractivity contribution >= 4 is 23.2 Å². The lowest BCUT2D eigenvalue weighted by Gasteiger charge is -2.16. The quantitative estimate of drug-likeness (QED) is 0.588. The Morgan fingerprint density at radius 3 is 2.37 bits per heavy atom. The molecule has 1 unspecified atom stereocenters. The summed E-state index contributed by atoms with van der Waals surface area (Å²) in [6.45, 7) is 0.255. The number of nitrogens with zero attached hydrogens (tertiary/aromatic N) is 1. The first kappa shape index (κ1) is 19.5. The molecule has 27 heavy (non-hydrogen) atoms. The number of methoxy groups -OCH3 is 1. The Hall–Kier alpha value is -2.27. The highest BCUT2D eigenvalue weighted by Gasteiger charge is 2.12. The predicted molar refractivity (Wildman–Crippen MR) is 109 cm³/mol. The average molecular weight is 403 g/mol. The monoisotopic (exact) mass is 402 g/mol. The van der Waals surface area contributed by atoms with E-state index in [-0.39, 0.29) is 12.6 Å². The van der Waals surface area contributed by atoms with Crippen LogP contribution in [0.15, 0.2) is 60.9 Å². The van der Waals surface area contributed by atoms with E-state index in [1.54, 1.807) is 37.7 Å². The minimum absolute atomic E-state index is 0.119. The van der Waals surface area contributed by atoms with E-state index in [4.69, 9.17) is 38.4 Å². The molecule has 0 aliphatic carbocycles. The van der Waals surface area contributed by atoms with Crippen LogP contribution in [0, 0.1) is 0 Å². The maximum atomic E-state index is 6.30. The minimum atomic E-state index is -0.119. The first-order valence-electron chi connectivity index (χ1n) is 8.46. The minimum Gasteiger partial charge on any atom is -0.493 e. The average Bonchev–Trinajstić information content (AvgIpc) is 2.69. The van der Waals surface area contributed by atoms with Crippen molar-refractivity contribution in [3.63, 3.8) is 0 Å².